The van der Waals surface area contributed by atoms with E-state index < -0.39 is 6.10 Å². The smallest absolute Gasteiger partial charge is 0.306 e. The first kappa shape index (κ1) is 32.8. The molecule has 1 amide bonds. The summed E-state index contributed by atoms with van der Waals surface area (Å²) in [5, 5.41) is 0.757. The fourth-order valence-electron chi connectivity index (χ4n) is 6.02. The Morgan fingerprint density at radius 2 is 1.80 bits per heavy atom. The van der Waals surface area contributed by atoms with Crippen molar-refractivity contribution in [1.82, 2.24) is 29.3 Å². The SMILES string of the molecule is CC(OC(=O)CCCN1CCOCC1)C(=O)N1CCC(CCn2c(Sc3cc4c(cc3Br)OCCO4)nc3c(N)ncnc32)CC1. The maximum absolute atomic E-state index is 13.1. The second kappa shape index (κ2) is 15.2. The summed E-state index contributed by atoms with van der Waals surface area (Å²) in [5.74, 6) is 1.72. The van der Waals surface area contributed by atoms with Gasteiger partial charge in [0, 0.05) is 48.5 Å². The number of carbonyl (C=O) groups is 2. The molecule has 15 heteroatoms. The minimum Gasteiger partial charge on any atom is -0.486 e. The number of nitrogens with zero attached hydrogens (tertiary/aromatic N) is 6. The number of fused-ring (bicyclic) bond motifs is 2. The van der Waals surface area contributed by atoms with E-state index >= 15 is 0 Å². The van der Waals surface area contributed by atoms with Gasteiger partial charge in [-0.15, -0.1) is 0 Å². The molecule has 3 aliphatic rings. The van der Waals surface area contributed by atoms with Gasteiger partial charge in [-0.3, -0.25) is 14.5 Å². The third kappa shape index (κ3) is 7.86. The van der Waals surface area contributed by atoms with E-state index in [1.807, 2.05) is 17.0 Å². The molecule has 13 nitrogen and oxygen atoms in total. The summed E-state index contributed by atoms with van der Waals surface area (Å²) in [4.78, 5) is 44.0. The van der Waals surface area contributed by atoms with Crippen LogP contribution in [-0.2, 0) is 25.6 Å². The van der Waals surface area contributed by atoms with Crippen molar-refractivity contribution in [3.05, 3.63) is 22.9 Å². The lowest BCUT2D eigenvalue weighted by molar-refractivity contribution is -0.160. The van der Waals surface area contributed by atoms with E-state index in [4.69, 9.17) is 29.7 Å². The lowest BCUT2D eigenvalue weighted by atomic mass is 9.93. The third-order valence-electron chi connectivity index (χ3n) is 8.63. The summed E-state index contributed by atoms with van der Waals surface area (Å²) < 4.78 is 25.4. The zero-order valence-electron chi connectivity index (χ0n) is 26.0. The van der Waals surface area contributed by atoms with Crippen LogP contribution in [0.2, 0.25) is 0 Å². The predicted molar refractivity (Wildman–Crippen MR) is 175 cm³/mol. The number of anilines is 1. The molecule has 5 heterocycles. The quantitative estimate of drug-likeness (QED) is 0.288. The van der Waals surface area contributed by atoms with Gasteiger partial charge in [0.25, 0.3) is 5.91 Å². The molecule has 1 unspecified atom stereocenters. The van der Waals surface area contributed by atoms with Gasteiger partial charge < -0.3 is 34.1 Å². The Kier molecular flexibility index (Phi) is 10.8. The van der Waals surface area contributed by atoms with Gasteiger partial charge in [-0.25, -0.2) is 15.0 Å². The normalized spacial score (nSPS) is 18.1. The number of likely N-dealkylation sites (tertiary alicyclic amines) is 1. The minimum atomic E-state index is -0.783. The molecule has 248 valence electrons. The highest BCUT2D eigenvalue weighted by Crippen LogP contribution is 2.42. The number of nitrogens with two attached hydrogens (primary N) is 1. The average Bonchev–Trinajstić information content (AvgIpc) is 3.42. The molecule has 0 radical (unpaired) electrons. The van der Waals surface area contributed by atoms with Gasteiger partial charge in [-0.05, 0) is 73.1 Å². The zero-order valence-corrected chi connectivity index (χ0v) is 28.4. The van der Waals surface area contributed by atoms with E-state index in [2.05, 4.69) is 35.4 Å². The van der Waals surface area contributed by atoms with E-state index in [9.17, 15) is 9.59 Å². The van der Waals surface area contributed by atoms with Gasteiger partial charge in [0.05, 0.1) is 13.2 Å². The average molecular weight is 719 g/mol. The first-order valence-electron chi connectivity index (χ1n) is 15.9. The van der Waals surface area contributed by atoms with Gasteiger partial charge in [0.15, 0.2) is 39.7 Å². The highest BCUT2D eigenvalue weighted by molar-refractivity contribution is 9.10. The number of amides is 1. The van der Waals surface area contributed by atoms with Crippen LogP contribution in [0.25, 0.3) is 11.2 Å². The van der Waals surface area contributed by atoms with Crippen molar-refractivity contribution >= 4 is 56.6 Å². The number of morpholine rings is 1. The number of rotatable bonds is 11. The number of imidazole rings is 1. The minimum absolute atomic E-state index is 0.128. The van der Waals surface area contributed by atoms with Crippen LogP contribution < -0.4 is 15.2 Å². The van der Waals surface area contributed by atoms with Crippen LogP contribution in [0, 0.1) is 5.92 Å². The third-order valence-corrected chi connectivity index (χ3v) is 10.6. The first-order chi connectivity index (χ1) is 22.4. The molecule has 0 spiro atoms. The maximum Gasteiger partial charge on any atom is 0.306 e. The summed E-state index contributed by atoms with van der Waals surface area (Å²) in [6.45, 7) is 8.74. The van der Waals surface area contributed by atoms with Crippen LogP contribution >= 0.6 is 27.7 Å². The van der Waals surface area contributed by atoms with Crippen molar-refractivity contribution in [2.45, 2.75) is 61.7 Å². The largest absolute Gasteiger partial charge is 0.486 e. The van der Waals surface area contributed by atoms with Crippen molar-refractivity contribution in [3.63, 3.8) is 0 Å². The van der Waals surface area contributed by atoms with Gasteiger partial charge >= 0.3 is 5.97 Å². The molecule has 0 saturated carbocycles. The number of piperidine rings is 1. The molecule has 2 aromatic heterocycles. The number of hydrogen-bond donors (Lipinski definition) is 1. The molecule has 0 aliphatic carbocycles. The number of hydrogen-bond acceptors (Lipinski definition) is 12. The summed E-state index contributed by atoms with van der Waals surface area (Å²) in [6, 6.07) is 3.88. The Morgan fingerprint density at radius 1 is 1.07 bits per heavy atom. The fraction of sp³-hybridized carbons (Fsp3) is 0.581. The Bertz CT molecular complexity index is 1540. The Morgan fingerprint density at radius 3 is 2.57 bits per heavy atom. The number of aryl methyl sites for hydroxylation is 1. The predicted octanol–water partition coefficient (Wildman–Crippen LogP) is 3.77. The van der Waals surface area contributed by atoms with Crippen LogP contribution in [0.3, 0.4) is 0 Å². The number of nitrogen functional groups attached to an aromatic ring is 1. The summed E-state index contributed by atoms with van der Waals surface area (Å²) in [5.41, 5.74) is 7.45. The van der Waals surface area contributed by atoms with Crippen LogP contribution in [0.5, 0.6) is 11.5 Å². The topological polar surface area (TPSA) is 147 Å². The van der Waals surface area contributed by atoms with E-state index in [1.54, 1.807) is 6.92 Å². The highest BCUT2D eigenvalue weighted by atomic mass is 79.9. The lowest BCUT2D eigenvalue weighted by Crippen LogP contribution is -2.44. The Hall–Kier alpha value is -3.14. The molecule has 1 atom stereocenters. The number of halogens is 1. The van der Waals surface area contributed by atoms with Crippen molar-refractivity contribution in [2.24, 2.45) is 5.92 Å². The molecule has 2 fully saturated rings. The van der Waals surface area contributed by atoms with E-state index in [-0.39, 0.29) is 11.9 Å². The van der Waals surface area contributed by atoms with Crippen molar-refractivity contribution in [3.8, 4) is 11.5 Å². The molecular formula is C31H40BrN7O6S. The van der Waals surface area contributed by atoms with E-state index in [0.29, 0.717) is 80.1 Å². The number of aromatic nitrogens is 4. The highest BCUT2D eigenvalue weighted by Gasteiger charge is 2.29. The Labute approximate surface area is 280 Å². The molecule has 3 aromatic rings. The first-order valence-corrected chi connectivity index (χ1v) is 17.5. The van der Waals surface area contributed by atoms with Crippen LogP contribution in [0.4, 0.5) is 5.82 Å². The second-order valence-electron chi connectivity index (χ2n) is 11.8. The standard InChI is InChI=1S/C31H40BrN7O6S/c1-20(45-26(40)3-2-7-37-11-13-42-14-12-37)30(41)38-8-4-21(5-9-38)6-10-39-29-27(28(33)34-19-35-29)36-31(39)46-25-18-24-23(17-22(25)32)43-15-16-44-24/h17-21H,2-16H2,1H3,(H2,33,34,35). The van der Waals surface area contributed by atoms with Crippen molar-refractivity contribution in [1.29, 1.82) is 0 Å². The molecule has 6 rings (SSSR count). The number of esters is 1. The molecular weight excluding hydrogens is 678 g/mol. The van der Waals surface area contributed by atoms with Crippen LogP contribution in [0.1, 0.15) is 39.0 Å². The summed E-state index contributed by atoms with van der Waals surface area (Å²) in [6.07, 6.45) is 4.33. The lowest BCUT2D eigenvalue weighted by Gasteiger charge is -2.33. The van der Waals surface area contributed by atoms with Gasteiger partial charge in [-0.2, -0.15) is 0 Å². The number of benzene rings is 1. The summed E-state index contributed by atoms with van der Waals surface area (Å²) in [7, 11) is 0. The van der Waals surface area contributed by atoms with Gasteiger partial charge in [-0.1, -0.05) is 11.8 Å². The second-order valence-corrected chi connectivity index (χ2v) is 13.6. The molecule has 2 saturated heterocycles. The maximum atomic E-state index is 13.1. The number of ether oxygens (including phenoxy) is 4. The zero-order chi connectivity index (χ0) is 32.0. The van der Waals surface area contributed by atoms with Crippen LogP contribution in [-0.4, -0.2) is 106 Å². The molecule has 0 bridgehead atoms. The monoisotopic (exact) mass is 717 g/mol. The van der Waals surface area contributed by atoms with Gasteiger partial charge in [0.2, 0.25) is 0 Å². The van der Waals surface area contributed by atoms with Gasteiger partial charge in [0.1, 0.15) is 19.5 Å². The fourth-order valence-corrected chi connectivity index (χ4v) is 7.53. The molecule has 2 N–H and O–H groups in total. The van der Waals surface area contributed by atoms with Crippen molar-refractivity contribution < 1.29 is 28.5 Å². The Balaban J connectivity index is 1.02. The van der Waals surface area contributed by atoms with Crippen molar-refractivity contribution in [2.75, 3.05) is 64.9 Å². The van der Waals surface area contributed by atoms with Crippen LogP contribution in [0.15, 0.2) is 33.0 Å². The molecule has 46 heavy (non-hydrogen) atoms. The molecule has 3 aliphatic heterocycles. The number of carbonyl (C=O) groups excluding carboxylic acids is 2. The summed E-state index contributed by atoms with van der Waals surface area (Å²) >= 11 is 5.18. The van der Waals surface area contributed by atoms with E-state index in [1.165, 1.54) is 18.1 Å². The molecule has 1 aromatic carbocycles. The van der Waals surface area contributed by atoms with E-state index in [0.717, 1.165) is 66.6 Å².